The van der Waals surface area contributed by atoms with Crippen molar-refractivity contribution in [2.24, 2.45) is 7.05 Å². The topological polar surface area (TPSA) is 96.4 Å². The molecule has 0 amide bonds. The van der Waals surface area contributed by atoms with Gasteiger partial charge in [-0.15, -0.1) is 9.36 Å². The average molecular weight is 704 g/mol. The maximum absolute atomic E-state index is 15.7. The van der Waals surface area contributed by atoms with Crippen LogP contribution in [-0.2, 0) is 20.1 Å². The molecule has 0 bridgehead atoms. The Hall–Kier alpha value is -7.08. The summed E-state index contributed by atoms with van der Waals surface area (Å²) in [5.74, 6) is -1.53. The van der Waals surface area contributed by atoms with Gasteiger partial charge in [-0.05, 0) is 83.4 Å². The molecule has 258 valence electrons. The van der Waals surface area contributed by atoms with Crippen molar-refractivity contribution in [1.29, 1.82) is 0 Å². The number of nitrogens with zero attached hydrogens (tertiary/aromatic N) is 8. The smallest absolute Gasteiger partial charge is 0.261 e. The Kier molecular flexibility index (Phi) is 7.58. The molecule has 9 rings (SSSR count). The molecule has 4 aromatic heterocycles. The van der Waals surface area contributed by atoms with Gasteiger partial charge in [0.2, 0.25) is 6.20 Å². The molecule has 10 nitrogen and oxygen atoms in total. The Morgan fingerprint density at radius 1 is 0.679 bits per heavy atom. The molecule has 0 aliphatic heterocycles. The molecular formula is C41H29F2N8O2+. The van der Waals surface area contributed by atoms with E-state index in [0.717, 1.165) is 27.8 Å². The molecule has 0 unspecified atom stereocenters. The van der Waals surface area contributed by atoms with Gasteiger partial charge < -0.3 is 0 Å². The number of rotatable bonds is 7. The summed E-state index contributed by atoms with van der Waals surface area (Å²) in [4.78, 5) is 35.4. The first-order valence-corrected chi connectivity index (χ1v) is 16.8. The van der Waals surface area contributed by atoms with Crippen molar-refractivity contribution in [2.45, 2.75) is 13.1 Å². The van der Waals surface area contributed by atoms with Crippen molar-refractivity contribution in [3.8, 4) is 22.5 Å². The molecule has 9 aromatic rings. The number of para-hydroxylation sites is 1. The molecule has 0 fully saturated rings. The lowest BCUT2D eigenvalue weighted by atomic mass is 9.99. The Morgan fingerprint density at radius 2 is 1.38 bits per heavy atom. The van der Waals surface area contributed by atoms with Gasteiger partial charge in [-0.3, -0.25) is 18.7 Å². The summed E-state index contributed by atoms with van der Waals surface area (Å²) in [5.41, 5.74) is 4.70. The van der Waals surface area contributed by atoms with Crippen molar-refractivity contribution < 1.29 is 13.5 Å². The number of aryl methyl sites for hydroxylation is 1. The maximum Gasteiger partial charge on any atom is 0.261 e. The van der Waals surface area contributed by atoms with Crippen LogP contribution in [0.4, 0.5) is 8.78 Å². The van der Waals surface area contributed by atoms with E-state index in [-0.39, 0.29) is 23.2 Å². The van der Waals surface area contributed by atoms with Crippen LogP contribution in [0.1, 0.15) is 11.1 Å². The largest absolute Gasteiger partial charge is 0.294 e. The van der Waals surface area contributed by atoms with Gasteiger partial charge in [0.25, 0.3) is 11.1 Å². The highest BCUT2D eigenvalue weighted by molar-refractivity contribution is 5.95. The molecule has 0 N–H and O–H groups in total. The maximum atomic E-state index is 15.7. The van der Waals surface area contributed by atoms with Crippen molar-refractivity contribution in [3.05, 3.63) is 178 Å². The van der Waals surface area contributed by atoms with Gasteiger partial charge in [0, 0.05) is 18.0 Å². The lowest BCUT2D eigenvalue weighted by Gasteiger charge is -2.11. The van der Waals surface area contributed by atoms with Crippen LogP contribution in [0, 0.1) is 11.6 Å². The summed E-state index contributed by atoms with van der Waals surface area (Å²) in [5, 5.41) is 5.88. The quantitative estimate of drug-likeness (QED) is 0.187. The van der Waals surface area contributed by atoms with Crippen LogP contribution in [0.25, 0.3) is 55.2 Å². The van der Waals surface area contributed by atoms with Gasteiger partial charge in [0.1, 0.15) is 22.8 Å². The summed E-state index contributed by atoms with van der Waals surface area (Å²) in [6.07, 6.45) is 8.35. The first-order chi connectivity index (χ1) is 25.8. The van der Waals surface area contributed by atoms with Crippen LogP contribution in [0.3, 0.4) is 0 Å². The standard InChI is InChI=1S/C41H29F2N8O2/c1-47-22-33-30(27-18-35(42)34(36(43)19-27)23-49-24-44-37-8-3-2-6-31(37)40(49)52)7-4-9-39(33)51(47)29-14-15-32-38(20-29)45-25-48(41(32)53)21-26-10-12-28(13-11-26)50-17-5-16-46-50/h2-20,22,24-25H,21,23H2,1H3/q+1. The fourth-order valence-electron chi connectivity index (χ4n) is 6.92. The highest BCUT2D eigenvalue weighted by Crippen LogP contribution is 2.32. The SMILES string of the molecule is C[n+]1cc2c(-c3cc(F)c(Cn4cnc5ccccc5c4=O)c(F)c3)cccc2n1-c1ccc2c(=O)n(Cc3ccc(-n4cccn4)cc3)cnc2c1. The summed E-state index contributed by atoms with van der Waals surface area (Å²) in [6, 6.07) is 30.2. The summed E-state index contributed by atoms with van der Waals surface area (Å²) in [6.45, 7) is 0.0648. The van der Waals surface area contributed by atoms with E-state index >= 15 is 8.78 Å². The molecule has 0 aliphatic rings. The zero-order chi connectivity index (χ0) is 36.2. The van der Waals surface area contributed by atoms with Gasteiger partial charge in [0.05, 0.1) is 58.6 Å². The Bertz CT molecular complexity index is 2960. The van der Waals surface area contributed by atoms with Gasteiger partial charge in [-0.25, -0.2) is 23.4 Å². The van der Waals surface area contributed by atoms with Crippen LogP contribution in [-0.4, -0.2) is 33.6 Å². The van der Waals surface area contributed by atoms with E-state index in [1.807, 2.05) is 89.5 Å². The second-order valence-electron chi connectivity index (χ2n) is 12.9. The van der Waals surface area contributed by atoms with Crippen molar-refractivity contribution in [2.75, 3.05) is 0 Å². The van der Waals surface area contributed by atoms with Gasteiger partial charge >= 0.3 is 0 Å². The minimum atomic E-state index is -0.765. The number of fused-ring (bicyclic) bond motifs is 3. The minimum Gasteiger partial charge on any atom is -0.294 e. The molecule has 0 aliphatic carbocycles. The molecule has 4 heterocycles. The van der Waals surface area contributed by atoms with E-state index in [4.69, 9.17) is 0 Å². The Balaban J connectivity index is 1.02. The molecule has 0 radical (unpaired) electrons. The number of hydrogen-bond acceptors (Lipinski definition) is 5. The highest BCUT2D eigenvalue weighted by atomic mass is 19.1. The second-order valence-corrected chi connectivity index (χ2v) is 12.9. The zero-order valence-corrected chi connectivity index (χ0v) is 28.3. The molecule has 12 heteroatoms. The fraction of sp³-hybridized carbons (Fsp3) is 0.0732. The lowest BCUT2D eigenvalue weighted by Crippen LogP contribution is -2.36. The predicted octanol–water partition coefficient (Wildman–Crippen LogP) is 6.10. The summed E-state index contributed by atoms with van der Waals surface area (Å²) < 4.78 is 39.7. The molecular weight excluding hydrogens is 675 g/mol. The zero-order valence-electron chi connectivity index (χ0n) is 28.3. The number of halogens is 2. The molecule has 5 aromatic carbocycles. The van der Waals surface area contributed by atoms with E-state index in [1.54, 1.807) is 52.1 Å². The predicted molar refractivity (Wildman–Crippen MR) is 197 cm³/mol. The molecule has 0 saturated carbocycles. The number of aromatic nitrogens is 8. The first kappa shape index (κ1) is 31.9. The number of benzene rings is 5. The number of hydrogen-bond donors (Lipinski definition) is 0. The summed E-state index contributed by atoms with van der Waals surface area (Å²) >= 11 is 0. The Morgan fingerprint density at radius 3 is 2.13 bits per heavy atom. The fourth-order valence-corrected chi connectivity index (χ4v) is 6.92. The third-order valence-corrected chi connectivity index (χ3v) is 9.57. The summed E-state index contributed by atoms with van der Waals surface area (Å²) in [7, 11) is 1.87. The average Bonchev–Trinajstić information content (AvgIpc) is 3.83. The van der Waals surface area contributed by atoms with E-state index in [2.05, 4.69) is 15.1 Å². The van der Waals surface area contributed by atoms with Crippen LogP contribution >= 0.6 is 0 Å². The van der Waals surface area contributed by atoms with E-state index < -0.39 is 11.6 Å². The Labute approximate surface area is 299 Å². The van der Waals surface area contributed by atoms with Crippen molar-refractivity contribution in [1.82, 2.24) is 33.6 Å². The molecule has 0 spiro atoms. The van der Waals surface area contributed by atoms with Gasteiger partial charge in [-0.1, -0.05) is 36.4 Å². The monoisotopic (exact) mass is 703 g/mol. The first-order valence-electron chi connectivity index (χ1n) is 16.8. The van der Waals surface area contributed by atoms with Crippen molar-refractivity contribution >= 4 is 32.7 Å². The molecule has 53 heavy (non-hydrogen) atoms. The van der Waals surface area contributed by atoms with Crippen LogP contribution < -0.4 is 15.8 Å². The van der Waals surface area contributed by atoms with Crippen LogP contribution in [0.5, 0.6) is 0 Å². The third-order valence-electron chi connectivity index (χ3n) is 9.57. The van der Waals surface area contributed by atoms with Gasteiger partial charge in [-0.2, -0.15) is 5.10 Å². The normalized spacial score (nSPS) is 11.6. The second kappa shape index (κ2) is 12.6. The highest BCUT2D eigenvalue weighted by Gasteiger charge is 2.21. The minimum absolute atomic E-state index is 0.156. The van der Waals surface area contributed by atoms with Crippen molar-refractivity contribution in [3.63, 3.8) is 0 Å². The molecule has 0 atom stereocenters. The van der Waals surface area contributed by atoms with Gasteiger partial charge in [0.15, 0.2) is 7.05 Å². The van der Waals surface area contributed by atoms with E-state index in [9.17, 15) is 9.59 Å². The van der Waals surface area contributed by atoms with E-state index in [0.29, 0.717) is 39.5 Å². The molecule has 0 saturated heterocycles. The van der Waals surface area contributed by atoms with E-state index in [1.165, 1.54) is 23.0 Å². The van der Waals surface area contributed by atoms with Crippen LogP contribution in [0.15, 0.2) is 144 Å². The third kappa shape index (κ3) is 5.57. The van der Waals surface area contributed by atoms with Crippen LogP contribution in [0.2, 0.25) is 0 Å². The lowest BCUT2D eigenvalue weighted by molar-refractivity contribution is -0.741.